The molecule has 1 aromatic carbocycles. The Balaban J connectivity index is 1.95. The first kappa shape index (κ1) is 12.2. The third-order valence-corrected chi connectivity index (χ3v) is 3.49. The average Bonchev–Trinajstić information content (AvgIpc) is 2.79. The van der Waals surface area contributed by atoms with E-state index < -0.39 is 0 Å². The summed E-state index contributed by atoms with van der Waals surface area (Å²) in [5, 5.41) is -0.0964. The number of hydrogen-bond acceptors (Lipinski definition) is 2. The maximum absolute atomic E-state index is 11.9. The maximum Gasteiger partial charge on any atom is 0.228 e. The van der Waals surface area contributed by atoms with Gasteiger partial charge in [0.05, 0.1) is 11.1 Å². The highest BCUT2D eigenvalue weighted by Gasteiger charge is 2.29. The van der Waals surface area contributed by atoms with Crippen LogP contribution in [0.3, 0.4) is 0 Å². The van der Waals surface area contributed by atoms with Gasteiger partial charge >= 0.3 is 0 Å². The van der Waals surface area contributed by atoms with Crippen LogP contribution < -0.4 is 4.90 Å². The molecular weight excluding hydrogens is 260 g/mol. The summed E-state index contributed by atoms with van der Waals surface area (Å²) in [6.07, 6.45) is 2.14. The first-order chi connectivity index (χ1) is 9.24. The minimum absolute atomic E-state index is 0.0743. The summed E-state index contributed by atoms with van der Waals surface area (Å²) < 4.78 is 0. The number of benzene rings is 1. The number of alkyl halides is 1. The van der Waals surface area contributed by atoms with Crippen LogP contribution in [0, 0.1) is 0 Å². The second kappa shape index (κ2) is 5.02. The van der Waals surface area contributed by atoms with Crippen LogP contribution in [0.25, 0.3) is 11.3 Å². The van der Waals surface area contributed by atoms with Gasteiger partial charge in [0.25, 0.3) is 0 Å². The molecule has 1 fully saturated rings. The van der Waals surface area contributed by atoms with Crippen LogP contribution in [0.4, 0.5) is 5.69 Å². The number of carbonyl (C=O) groups is 1. The van der Waals surface area contributed by atoms with Gasteiger partial charge in [-0.25, -0.2) is 0 Å². The molecule has 1 unspecified atom stereocenters. The Kier molecular flexibility index (Phi) is 3.22. The van der Waals surface area contributed by atoms with E-state index in [1.165, 1.54) is 0 Å². The normalized spacial score (nSPS) is 18.9. The van der Waals surface area contributed by atoms with Crippen LogP contribution in [-0.2, 0) is 4.79 Å². The molecular formula is C15H13ClN2O. The van der Waals surface area contributed by atoms with E-state index in [-0.39, 0.29) is 11.3 Å². The molecule has 0 saturated carbocycles. The van der Waals surface area contributed by atoms with Crippen LogP contribution in [0.5, 0.6) is 0 Å². The molecule has 1 aromatic heterocycles. The van der Waals surface area contributed by atoms with E-state index in [2.05, 4.69) is 4.98 Å². The van der Waals surface area contributed by atoms with Gasteiger partial charge in [-0.1, -0.05) is 30.3 Å². The van der Waals surface area contributed by atoms with Crippen molar-refractivity contribution in [2.75, 3.05) is 11.4 Å². The highest BCUT2D eigenvalue weighted by atomic mass is 35.5. The molecule has 0 spiro atoms. The van der Waals surface area contributed by atoms with Gasteiger partial charge < -0.3 is 4.90 Å². The van der Waals surface area contributed by atoms with E-state index in [1.807, 2.05) is 42.5 Å². The molecule has 0 bridgehead atoms. The maximum atomic E-state index is 11.9. The number of hydrogen-bond donors (Lipinski definition) is 0. The molecule has 2 aromatic rings. The minimum atomic E-state index is -0.0964. The smallest absolute Gasteiger partial charge is 0.228 e. The van der Waals surface area contributed by atoms with Gasteiger partial charge in [-0.15, -0.1) is 11.6 Å². The van der Waals surface area contributed by atoms with Crippen molar-refractivity contribution >= 4 is 23.2 Å². The van der Waals surface area contributed by atoms with E-state index in [0.29, 0.717) is 13.0 Å². The first-order valence-corrected chi connectivity index (χ1v) is 6.63. The number of anilines is 1. The first-order valence-electron chi connectivity index (χ1n) is 6.20. The van der Waals surface area contributed by atoms with E-state index in [1.54, 1.807) is 11.1 Å². The second-order valence-electron chi connectivity index (χ2n) is 4.57. The van der Waals surface area contributed by atoms with Crippen molar-refractivity contribution in [1.82, 2.24) is 4.98 Å². The summed E-state index contributed by atoms with van der Waals surface area (Å²) in [6.45, 7) is 0.568. The Bertz CT molecular complexity index is 600. The van der Waals surface area contributed by atoms with Gasteiger partial charge in [0, 0.05) is 30.4 Å². The van der Waals surface area contributed by atoms with Crippen molar-refractivity contribution in [2.24, 2.45) is 0 Å². The fourth-order valence-electron chi connectivity index (χ4n) is 2.27. The van der Waals surface area contributed by atoms with Crippen LogP contribution in [0.2, 0.25) is 0 Å². The molecule has 1 aliphatic rings. The van der Waals surface area contributed by atoms with Gasteiger partial charge in [-0.3, -0.25) is 9.78 Å². The number of amides is 1. The highest BCUT2D eigenvalue weighted by Crippen LogP contribution is 2.27. The monoisotopic (exact) mass is 272 g/mol. The predicted octanol–water partition coefficient (Wildman–Crippen LogP) is 3.09. The lowest BCUT2D eigenvalue weighted by Gasteiger charge is -2.16. The zero-order valence-electron chi connectivity index (χ0n) is 10.3. The summed E-state index contributed by atoms with van der Waals surface area (Å²) in [4.78, 5) is 17.9. The van der Waals surface area contributed by atoms with Crippen molar-refractivity contribution < 1.29 is 4.79 Å². The summed E-state index contributed by atoms with van der Waals surface area (Å²) in [5.41, 5.74) is 2.77. The van der Waals surface area contributed by atoms with Crippen LogP contribution in [-0.4, -0.2) is 22.8 Å². The van der Waals surface area contributed by atoms with Crippen molar-refractivity contribution in [3.63, 3.8) is 0 Å². The SMILES string of the molecule is O=C1CC(Cl)CN1c1ccnc(-c2ccccc2)c1. The average molecular weight is 273 g/mol. The lowest BCUT2D eigenvalue weighted by Crippen LogP contribution is -2.24. The number of rotatable bonds is 2. The van der Waals surface area contributed by atoms with Crippen molar-refractivity contribution in [1.29, 1.82) is 0 Å². The number of pyridine rings is 1. The molecule has 3 nitrogen and oxygen atoms in total. The zero-order valence-corrected chi connectivity index (χ0v) is 11.0. The summed E-state index contributed by atoms with van der Waals surface area (Å²) >= 11 is 6.03. The minimum Gasteiger partial charge on any atom is -0.311 e. The van der Waals surface area contributed by atoms with Crippen molar-refractivity contribution in [3.8, 4) is 11.3 Å². The van der Waals surface area contributed by atoms with Crippen LogP contribution >= 0.6 is 11.6 Å². The van der Waals surface area contributed by atoms with Crippen molar-refractivity contribution in [3.05, 3.63) is 48.7 Å². The Hall–Kier alpha value is -1.87. The Morgan fingerprint density at radius 3 is 2.68 bits per heavy atom. The molecule has 19 heavy (non-hydrogen) atoms. The van der Waals surface area contributed by atoms with Gasteiger partial charge in [-0.05, 0) is 12.1 Å². The van der Waals surface area contributed by atoms with E-state index in [0.717, 1.165) is 16.9 Å². The molecule has 2 heterocycles. The molecule has 0 radical (unpaired) electrons. The second-order valence-corrected chi connectivity index (χ2v) is 5.19. The summed E-state index contributed by atoms with van der Waals surface area (Å²) in [5.74, 6) is 0.0743. The molecule has 0 N–H and O–H groups in total. The standard InChI is InChI=1S/C15H13ClN2O/c16-12-8-15(19)18(10-12)13-6-7-17-14(9-13)11-4-2-1-3-5-11/h1-7,9,12H,8,10H2. The Morgan fingerprint density at radius 2 is 2.00 bits per heavy atom. The van der Waals surface area contributed by atoms with Gasteiger partial charge in [-0.2, -0.15) is 0 Å². The van der Waals surface area contributed by atoms with Crippen LogP contribution in [0.1, 0.15) is 6.42 Å². The molecule has 1 aliphatic heterocycles. The quantitative estimate of drug-likeness (QED) is 0.787. The topological polar surface area (TPSA) is 33.2 Å². The molecule has 96 valence electrons. The summed E-state index contributed by atoms with van der Waals surface area (Å²) in [7, 11) is 0. The predicted molar refractivity (Wildman–Crippen MR) is 76.3 cm³/mol. The molecule has 3 rings (SSSR count). The zero-order chi connectivity index (χ0) is 13.2. The fraction of sp³-hybridized carbons (Fsp3) is 0.200. The van der Waals surface area contributed by atoms with Crippen molar-refractivity contribution in [2.45, 2.75) is 11.8 Å². The molecule has 1 saturated heterocycles. The third-order valence-electron chi connectivity index (χ3n) is 3.20. The number of halogens is 1. The van der Waals surface area contributed by atoms with E-state index in [4.69, 9.17) is 11.6 Å². The van der Waals surface area contributed by atoms with E-state index in [9.17, 15) is 4.79 Å². The van der Waals surface area contributed by atoms with Gasteiger partial charge in [0.2, 0.25) is 5.91 Å². The summed E-state index contributed by atoms with van der Waals surface area (Å²) in [6, 6.07) is 13.7. The number of nitrogens with zero attached hydrogens (tertiary/aromatic N) is 2. The molecule has 4 heteroatoms. The number of carbonyl (C=O) groups excluding carboxylic acids is 1. The van der Waals surface area contributed by atoms with Crippen LogP contribution in [0.15, 0.2) is 48.7 Å². The highest BCUT2D eigenvalue weighted by molar-refractivity contribution is 6.24. The van der Waals surface area contributed by atoms with Gasteiger partial charge in [0.1, 0.15) is 0 Å². The lowest BCUT2D eigenvalue weighted by molar-refractivity contribution is -0.117. The van der Waals surface area contributed by atoms with E-state index >= 15 is 0 Å². The largest absolute Gasteiger partial charge is 0.311 e. The molecule has 0 aliphatic carbocycles. The Labute approximate surface area is 116 Å². The molecule has 1 atom stereocenters. The lowest BCUT2D eigenvalue weighted by atomic mass is 10.1. The number of aromatic nitrogens is 1. The molecule has 1 amide bonds. The third kappa shape index (κ3) is 2.47. The Morgan fingerprint density at radius 1 is 1.21 bits per heavy atom. The fourth-order valence-corrected chi connectivity index (χ4v) is 2.54. The van der Waals surface area contributed by atoms with Gasteiger partial charge in [0.15, 0.2) is 0 Å².